The van der Waals surface area contributed by atoms with Crippen LogP contribution in [0.5, 0.6) is 0 Å². The lowest BCUT2D eigenvalue weighted by atomic mass is 9.83. The van der Waals surface area contributed by atoms with Crippen LogP contribution in [0, 0.1) is 6.92 Å². The van der Waals surface area contributed by atoms with Crippen LogP contribution in [0.15, 0.2) is 12.1 Å². The van der Waals surface area contributed by atoms with Crippen molar-refractivity contribution in [3.8, 4) is 0 Å². The number of ketones is 1. The standard InChI is InChI=1S/C9H10OS/c1-6-2-5-9(11-6)7-3-4-8(7)10/h2,5,7H,3-4H2,1H3/t7-/m1/s1. The van der Waals surface area contributed by atoms with Crippen LogP contribution in [0.25, 0.3) is 0 Å². The van der Waals surface area contributed by atoms with E-state index < -0.39 is 0 Å². The van der Waals surface area contributed by atoms with Crippen LogP contribution in [-0.4, -0.2) is 5.78 Å². The fraction of sp³-hybridized carbons (Fsp3) is 0.444. The first kappa shape index (κ1) is 7.04. The maximum atomic E-state index is 11.0. The largest absolute Gasteiger partial charge is 0.299 e. The van der Waals surface area contributed by atoms with E-state index >= 15 is 0 Å². The van der Waals surface area contributed by atoms with E-state index in [1.807, 2.05) is 0 Å². The Morgan fingerprint density at radius 2 is 2.36 bits per heavy atom. The minimum absolute atomic E-state index is 0.258. The number of rotatable bonds is 1. The molecule has 0 saturated heterocycles. The normalized spacial score (nSPS) is 23.4. The molecule has 1 aliphatic rings. The number of thiophene rings is 1. The molecule has 0 aromatic carbocycles. The van der Waals surface area contributed by atoms with E-state index in [0.717, 1.165) is 12.8 Å². The van der Waals surface area contributed by atoms with Gasteiger partial charge in [-0.25, -0.2) is 0 Å². The molecule has 2 heteroatoms. The highest BCUT2D eigenvalue weighted by molar-refractivity contribution is 7.12. The third kappa shape index (κ3) is 1.11. The molecule has 0 unspecified atom stereocenters. The van der Waals surface area contributed by atoms with Crippen LogP contribution < -0.4 is 0 Å². The summed E-state index contributed by atoms with van der Waals surface area (Å²) in [5.74, 6) is 0.681. The van der Waals surface area contributed by atoms with Gasteiger partial charge in [-0.15, -0.1) is 11.3 Å². The van der Waals surface area contributed by atoms with Crippen LogP contribution >= 0.6 is 11.3 Å². The maximum Gasteiger partial charge on any atom is 0.141 e. The van der Waals surface area contributed by atoms with Crippen molar-refractivity contribution in [1.82, 2.24) is 0 Å². The molecule has 1 atom stereocenters. The van der Waals surface area contributed by atoms with Gasteiger partial charge in [-0.1, -0.05) is 0 Å². The minimum atomic E-state index is 0.258. The van der Waals surface area contributed by atoms with Crippen LogP contribution in [0.2, 0.25) is 0 Å². The summed E-state index contributed by atoms with van der Waals surface area (Å²) in [5, 5.41) is 0. The summed E-state index contributed by atoms with van der Waals surface area (Å²) in [6.45, 7) is 2.08. The van der Waals surface area contributed by atoms with E-state index in [2.05, 4.69) is 19.1 Å². The van der Waals surface area contributed by atoms with Crippen molar-refractivity contribution in [2.45, 2.75) is 25.7 Å². The quantitative estimate of drug-likeness (QED) is 0.626. The molecule has 1 aliphatic carbocycles. The van der Waals surface area contributed by atoms with Gasteiger partial charge in [0.2, 0.25) is 0 Å². The van der Waals surface area contributed by atoms with E-state index in [1.165, 1.54) is 9.75 Å². The third-order valence-corrected chi connectivity index (χ3v) is 3.29. The molecule has 11 heavy (non-hydrogen) atoms. The Labute approximate surface area is 70.1 Å². The zero-order valence-corrected chi connectivity index (χ0v) is 7.28. The lowest BCUT2D eigenvalue weighted by Crippen LogP contribution is -2.21. The highest BCUT2D eigenvalue weighted by Gasteiger charge is 2.30. The van der Waals surface area contributed by atoms with Crippen LogP contribution in [0.4, 0.5) is 0 Å². The highest BCUT2D eigenvalue weighted by Crippen LogP contribution is 2.36. The van der Waals surface area contributed by atoms with Gasteiger partial charge in [0.15, 0.2) is 0 Å². The van der Waals surface area contributed by atoms with Gasteiger partial charge in [-0.2, -0.15) is 0 Å². The molecule has 1 saturated carbocycles. The molecule has 0 aliphatic heterocycles. The van der Waals surface area contributed by atoms with Gasteiger partial charge in [0.25, 0.3) is 0 Å². The van der Waals surface area contributed by atoms with Crippen molar-refractivity contribution in [3.05, 3.63) is 21.9 Å². The second-order valence-electron chi connectivity index (χ2n) is 3.01. The predicted octanol–water partition coefficient (Wildman–Crippen LogP) is 2.50. The van der Waals surface area contributed by atoms with Crippen LogP contribution in [0.3, 0.4) is 0 Å². The monoisotopic (exact) mass is 166 g/mol. The number of carbonyl (C=O) groups excluding carboxylic acids is 1. The van der Waals surface area contributed by atoms with E-state index in [0.29, 0.717) is 5.78 Å². The summed E-state index contributed by atoms with van der Waals surface area (Å²) in [5.41, 5.74) is 0. The second-order valence-corrected chi connectivity index (χ2v) is 4.33. The summed E-state index contributed by atoms with van der Waals surface area (Å²) in [7, 11) is 0. The van der Waals surface area contributed by atoms with E-state index in [1.54, 1.807) is 11.3 Å². The summed E-state index contributed by atoms with van der Waals surface area (Å²) in [6, 6.07) is 4.17. The van der Waals surface area contributed by atoms with Gasteiger partial charge in [-0.3, -0.25) is 4.79 Å². The molecule has 0 N–H and O–H groups in total. The first-order valence-corrected chi connectivity index (χ1v) is 4.68. The molecule has 58 valence electrons. The average molecular weight is 166 g/mol. The Morgan fingerprint density at radius 1 is 1.55 bits per heavy atom. The number of hydrogen-bond donors (Lipinski definition) is 0. The number of Topliss-reactive ketones (excluding diaryl/α,β-unsaturated/α-hetero) is 1. The highest BCUT2D eigenvalue weighted by atomic mass is 32.1. The zero-order chi connectivity index (χ0) is 7.84. The molecule has 1 aromatic rings. The molecule has 2 rings (SSSR count). The van der Waals surface area contributed by atoms with Crippen LogP contribution in [-0.2, 0) is 4.79 Å². The van der Waals surface area contributed by atoms with E-state index in [-0.39, 0.29) is 5.92 Å². The Balaban J connectivity index is 2.23. The van der Waals surface area contributed by atoms with Crippen molar-refractivity contribution >= 4 is 17.1 Å². The molecule has 1 fully saturated rings. The lowest BCUT2D eigenvalue weighted by molar-refractivity contribution is -0.125. The lowest BCUT2D eigenvalue weighted by Gasteiger charge is -2.22. The Morgan fingerprint density at radius 3 is 2.73 bits per heavy atom. The van der Waals surface area contributed by atoms with E-state index in [4.69, 9.17) is 0 Å². The minimum Gasteiger partial charge on any atom is -0.299 e. The number of aryl methyl sites for hydroxylation is 1. The van der Waals surface area contributed by atoms with E-state index in [9.17, 15) is 4.79 Å². The molecule has 0 spiro atoms. The summed E-state index contributed by atoms with van der Waals surface area (Å²) in [4.78, 5) is 13.6. The Kier molecular flexibility index (Phi) is 1.57. The van der Waals surface area contributed by atoms with Crippen molar-refractivity contribution in [1.29, 1.82) is 0 Å². The Bertz CT molecular complexity index is 288. The van der Waals surface area contributed by atoms with Gasteiger partial charge >= 0.3 is 0 Å². The fourth-order valence-corrected chi connectivity index (χ4v) is 2.38. The first-order valence-electron chi connectivity index (χ1n) is 3.86. The van der Waals surface area contributed by atoms with Crippen molar-refractivity contribution < 1.29 is 4.79 Å². The molecule has 0 amide bonds. The van der Waals surface area contributed by atoms with Crippen molar-refractivity contribution in [3.63, 3.8) is 0 Å². The smallest absolute Gasteiger partial charge is 0.141 e. The number of carbonyl (C=O) groups is 1. The summed E-state index contributed by atoms with van der Waals surface area (Å²) in [6.07, 6.45) is 1.86. The molecular weight excluding hydrogens is 156 g/mol. The SMILES string of the molecule is Cc1ccc([C@@H]2CCC2=O)s1. The van der Waals surface area contributed by atoms with Gasteiger partial charge in [0.1, 0.15) is 5.78 Å². The number of hydrogen-bond acceptors (Lipinski definition) is 2. The second kappa shape index (κ2) is 2.45. The molecule has 0 radical (unpaired) electrons. The molecule has 1 nitrogen and oxygen atoms in total. The molecule has 0 bridgehead atoms. The fourth-order valence-electron chi connectivity index (χ4n) is 1.35. The molecular formula is C9H10OS. The topological polar surface area (TPSA) is 17.1 Å². The van der Waals surface area contributed by atoms with Gasteiger partial charge in [-0.05, 0) is 25.5 Å². The third-order valence-electron chi connectivity index (χ3n) is 2.17. The summed E-state index contributed by atoms with van der Waals surface area (Å²) >= 11 is 1.75. The maximum absolute atomic E-state index is 11.0. The first-order chi connectivity index (χ1) is 5.27. The van der Waals surface area contributed by atoms with Crippen molar-refractivity contribution in [2.24, 2.45) is 0 Å². The predicted molar refractivity (Wildman–Crippen MR) is 46.0 cm³/mol. The Hall–Kier alpha value is -0.630. The molecule has 1 aromatic heterocycles. The summed E-state index contributed by atoms with van der Waals surface area (Å²) < 4.78 is 0. The van der Waals surface area contributed by atoms with Gasteiger partial charge in [0, 0.05) is 16.2 Å². The molecule has 1 heterocycles. The van der Waals surface area contributed by atoms with Gasteiger partial charge in [0.05, 0.1) is 5.92 Å². The van der Waals surface area contributed by atoms with Gasteiger partial charge < -0.3 is 0 Å². The van der Waals surface area contributed by atoms with Crippen molar-refractivity contribution in [2.75, 3.05) is 0 Å². The average Bonchev–Trinajstić information content (AvgIpc) is 2.33. The van der Waals surface area contributed by atoms with Crippen LogP contribution in [0.1, 0.15) is 28.5 Å². The zero-order valence-electron chi connectivity index (χ0n) is 6.46.